The molecule has 1 fully saturated rings. The Morgan fingerprint density at radius 2 is 2.22 bits per heavy atom. The van der Waals surface area contributed by atoms with Crippen molar-refractivity contribution in [2.45, 2.75) is 17.4 Å². The van der Waals surface area contributed by atoms with Crippen molar-refractivity contribution in [3.8, 4) is 0 Å². The van der Waals surface area contributed by atoms with Crippen molar-refractivity contribution >= 4 is 15.7 Å². The Balaban J connectivity index is 2.37. The molecule has 7 heteroatoms. The van der Waals surface area contributed by atoms with Gasteiger partial charge in [0.1, 0.15) is 10.7 Å². The fourth-order valence-electron chi connectivity index (χ4n) is 1.88. The van der Waals surface area contributed by atoms with Gasteiger partial charge in [0.25, 0.3) is 0 Å². The van der Waals surface area contributed by atoms with E-state index in [0.717, 1.165) is 16.4 Å². The van der Waals surface area contributed by atoms with E-state index >= 15 is 0 Å². The van der Waals surface area contributed by atoms with Crippen LogP contribution in [0.2, 0.25) is 0 Å². The number of hydrogen-bond acceptors (Lipinski definition) is 4. The molecule has 2 N–H and O–H groups in total. The molecule has 0 saturated carbocycles. The number of benzene rings is 1. The first-order chi connectivity index (χ1) is 8.43. The summed E-state index contributed by atoms with van der Waals surface area (Å²) in [7, 11) is -2.45. The summed E-state index contributed by atoms with van der Waals surface area (Å²) in [6.45, 7) is 0.851. The van der Waals surface area contributed by atoms with Gasteiger partial charge in [-0.2, -0.15) is 4.31 Å². The second-order valence-corrected chi connectivity index (χ2v) is 6.19. The van der Waals surface area contributed by atoms with Gasteiger partial charge >= 0.3 is 0 Å². The van der Waals surface area contributed by atoms with E-state index < -0.39 is 20.7 Å². The Bertz CT molecular complexity index is 541. The average Bonchev–Trinajstić information content (AvgIpc) is 2.84. The molecule has 1 aromatic carbocycles. The monoisotopic (exact) mass is 274 g/mol. The SMILES string of the molecule is CN(C1CCOC1)S(=O)(=O)c1cc(N)ccc1F. The van der Waals surface area contributed by atoms with Gasteiger partial charge in [-0.25, -0.2) is 12.8 Å². The molecule has 0 aromatic heterocycles. The summed E-state index contributed by atoms with van der Waals surface area (Å²) >= 11 is 0. The van der Waals surface area contributed by atoms with Crippen molar-refractivity contribution < 1.29 is 17.5 Å². The van der Waals surface area contributed by atoms with Crippen LogP contribution in [-0.2, 0) is 14.8 Å². The Kier molecular flexibility index (Phi) is 3.56. The number of sulfonamides is 1. The molecule has 1 aliphatic rings. The predicted octanol–water partition coefficient (Wildman–Crippen LogP) is 0.817. The first-order valence-electron chi connectivity index (χ1n) is 5.53. The summed E-state index contributed by atoms with van der Waals surface area (Å²) in [6, 6.07) is 3.27. The number of anilines is 1. The highest BCUT2D eigenvalue weighted by atomic mass is 32.2. The van der Waals surface area contributed by atoms with E-state index in [1.165, 1.54) is 13.1 Å². The van der Waals surface area contributed by atoms with Crippen LogP contribution in [0.4, 0.5) is 10.1 Å². The Morgan fingerprint density at radius 3 is 2.83 bits per heavy atom. The largest absolute Gasteiger partial charge is 0.399 e. The molecule has 0 aliphatic carbocycles. The lowest BCUT2D eigenvalue weighted by molar-refractivity contribution is 0.180. The topological polar surface area (TPSA) is 72.6 Å². The third-order valence-electron chi connectivity index (χ3n) is 3.03. The highest BCUT2D eigenvalue weighted by Crippen LogP contribution is 2.24. The maximum atomic E-state index is 13.6. The summed E-state index contributed by atoms with van der Waals surface area (Å²) in [6.07, 6.45) is 0.611. The van der Waals surface area contributed by atoms with E-state index in [1.54, 1.807) is 0 Å². The van der Waals surface area contributed by atoms with Crippen LogP contribution in [0, 0.1) is 5.82 Å². The molecule has 2 rings (SSSR count). The molecule has 1 saturated heterocycles. The molecule has 1 aromatic rings. The second-order valence-electron chi connectivity index (χ2n) is 4.23. The molecule has 1 atom stereocenters. The number of hydrogen-bond donors (Lipinski definition) is 1. The van der Waals surface area contributed by atoms with Gasteiger partial charge in [-0.05, 0) is 24.6 Å². The zero-order valence-corrected chi connectivity index (χ0v) is 10.8. The van der Waals surface area contributed by atoms with Crippen LogP contribution in [0.3, 0.4) is 0 Å². The van der Waals surface area contributed by atoms with Crippen LogP contribution < -0.4 is 5.73 Å². The van der Waals surface area contributed by atoms with Crippen molar-refractivity contribution in [3.05, 3.63) is 24.0 Å². The molecule has 1 unspecified atom stereocenters. The third-order valence-corrected chi connectivity index (χ3v) is 4.96. The van der Waals surface area contributed by atoms with Gasteiger partial charge in [0.15, 0.2) is 0 Å². The van der Waals surface area contributed by atoms with Gasteiger partial charge < -0.3 is 10.5 Å². The molecular formula is C11H15FN2O3S. The van der Waals surface area contributed by atoms with Gasteiger partial charge in [-0.15, -0.1) is 0 Å². The van der Waals surface area contributed by atoms with Gasteiger partial charge in [0.05, 0.1) is 12.6 Å². The number of ether oxygens (including phenoxy) is 1. The molecule has 0 spiro atoms. The summed E-state index contributed by atoms with van der Waals surface area (Å²) in [5.41, 5.74) is 5.72. The van der Waals surface area contributed by atoms with Crippen molar-refractivity contribution in [1.29, 1.82) is 0 Å². The van der Waals surface area contributed by atoms with Crippen molar-refractivity contribution in [2.75, 3.05) is 26.0 Å². The van der Waals surface area contributed by atoms with Crippen molar-refractivity contribution in [1.82, 2.24) is 4.31 Å². The minimum atomic E-state index is -3.88. The predicted molar refractivity (Wildman–Crippen MR) is 65.0 cm³/mol. The molecular weight excluding hydrogens is 259 g/mol. The number of rotatable bonds is 3. The third kappa shape index (κ3) is 2.33. The van der Waals surface area contributed by atoms with Crippen LogP contribution in [-0.4, -0.2) is 39.0 Å². The fraction of sp³-hybridized carbons (Fsp3) is 0.455. The zero-order chi connectivity index (χ0) is 13.3. The molecule has 1 aliphatic heterocycles. The van der Waals surface area contributed by atoms with Gasteiger partial charge in [-0.1, -0.05) is 0 Å². The zero-order valence-electron chi connectivity index (χ0n) is 9.97. The van der Waals surface area contributed by atoms with Gasteiger partial charge in [-0.3, -0.25) is 0 Å². The first-order valence-corrected chi connectivity index (χ1v) is 6.98. The van der Waals surface area contributed by atoms with E-state index in [-0.39, 0.29) is 11.7 Å². The van der Waals surface area contributed by atoms with E-state index in [0.29, 0.717) is 19.6 Å². The molecule has 5 nitrogen and oxygen atoms in total. The Labute approximate surface area is 105 Å². The summed E-state index contributed by atoms with van der Waals surface area (Å²) in [5, 5.41) is 0. The number of halogens is 1. The van der Waals surface area contributed by atoms with Crippen LogP contribution in [0.25, 0.3) is 0 Å². The maximum Gasteiger partial charge on any atom is 0.246 e. The molecule has 0 bridgehead atoms. The van der Waals surface area contributed by atoms with Gasteiger partial charge in [0.2, 0.25) is 10.0 Å². The highest BCUT2D eigenvalue weighted by Gasteiger charge is 2.32. The second kappa shape index (κ2) is 4.83. The molecule has 18 heavy (non-hydrogen) atoms. The molecule has 0 radical (unpaired) electrons. The Morgan fingerprint density at radius 1 is 1.50 bits per heavy atom. The van der Waals surface area contributed by atoms with E-state index in [1.807, 2.05) is 0 Å². The van der Waals surface area contributed by atoms with Crippen molar-refractivity contribution in [3.63, 3.8) is 0 Å². The first kappa shape index (κ1) is 13.3. The smallest absolute Gasteiger partial charge is 0.246 e. The number of likely N-dealkylation sites (N-methyl/N-ethyl adjacent to an activating group) is 1. The summed E-state index contributed by atoms with van der Waals surface area (Å²) < 4.78 is 44.4. The minimum absolute atomic E-state index is 0.214. The standard InChI is InChI=1S/C11H15FN2O3S/c1-14(9-4-5-17-7-9)18(15,16)11-6-8(13)2-3-10(11)12/h2-3,6,9H,4-5,7,13H2,1H3. The van der Waals surface area contributed by atoms with Crippen LogP contribution in [0.15, 0.2) is 23.1 Å². The quantitative estimate of drug-likeness (QED) is 0.828. The maximum absolute atomic E-state index is 13.6. The lowest BCUT2D eigenvalue weighted by Gasteiger charge is -2.22. The normalized spacial score (nSPS) is 20.5. The molecule has 100 valence electrons. The lowest BCUT2D eigenvalue weighted by atomic mass is 10.3. The summed E-state index contributed by atoms with van der Waals surface area (Å²) in [5.74, 6) is -0.796. The fourth-order valence-corrected chi connectivity index (χ4v) is 3.35. The Hall–Kier alpha value is -1.18. The lowest BCUT2D eigenvalue weighted by Crippen LogP contribution is -2.37. The summed E-state index contributed by atoms with van der Waals surface area (Å²) in [4.78, 5) is -0.392. The van der Waals surface area contributed by atoms with E-state index in [2.05, 4.69) is 0 Å². The number of nitrogens with two attached hydrogens (primary N) is 1. The van der Waals surface area contributed by atoms with Crippen molar-refractivity contribution in [2.24, 2.45) is 0 Å². The minimum Gasteiger partial charge on any atom is -0.399 e. The van der Waals surface area contributed by atoms with E-state index in [4.69, 9.17) is 10.5 Å². The average molecular weight is 274 g/mol. The number of nitrogens with zero attached hydrogens (tertiary/aromatic N) is 1. The van der Waals surface area contributed by atoms with E-state index in [9.17, 15) is 12.8 Å². The highest BCUT2D eigenvalue weighted by molar-refractivity contribution is 7.89. The van der Waals surface area contributed by atoms with Crippen LogP contribution in [0.1, 0.15) is 6.42 Å². The molecule has 0 amide bonds. The number of nitrogen functional groups attached to an aromatic ring is 1. The molecule has 1 heterocycles. The van der Waals surface area contributed by atoms with Crippen LogP contribution in [0.5, 0.6) is 0 Å². The van der Waals surface area contributed by atoms with Crippen LogP contribution >= 0.6 is 0 Å². The van der Waals surface area contributed by atoms with Gasteiger partial charge in [0, 0.05) is 19.3 Å².